The van der Waals surface area contributed by atoms with E-state index in [9.17, 15) is 4.57 Å². The third-order valence-electron chi connectivity index (χ3n) is 2.02. The van der Waals surface area contributed by atoms with Crippen molar-refractivity contribution < 1.29 is 18.9 Å². The van der Waals surface area contributed by atoms with Gasteiger partial charge in [-0.1, -0.05) is 32.8 Å². The lowest BCUT2D eigenvalue weighted by Crippen LogP contribution is -2.28. The average molecular weight is 222 g/mol. The quantitative estimate of drug-likeness (QED) is 0.513. The fourth-order valence-corrected chi connectivity index (χ4v) is 2.27. The maximum Gasteiger partial charge on any atom is 0.470 e. The van der Waals surface area contributed by atoms with Crippen molar-refractivity contribution in [2.45, 2.75) is 45.1 Å². The molecule has 0 spiro atoms. The topological polar surface area (TPSA) is 66.8 Å². The molecule has 84 valence electrons. The van der Waals surface area contributed by atoms with Gasteiger partial charge in [-0.3, -0.25) is 4.52 Å². The van der Waals surface area contributed by atoms with Gasteiger partial charge in [-0.25, -0.2) is 4.57 Å². The highest BCUT2D eigenvalue weighted by Gasteiger charge is 2.33. The van der Waals surface area contributed by atoms with Crippen LogP contribution in [0.1, 0.15) is 39.5 Å². The fraction of sp³-hybridized carbons (Fsp3) is 0.778. The lowest BCUT2D eigenvalue weighted by molar-refractivity contribution is 0.0582. The van der Waals surface area contributed by atoms with E-state index in [0.717, 1.165) is 12.8 Å². The van der Waals surface area contributed by atoms with E-state index in [0.29, 0.717) is 12.8 Å². The molecule has 14 heavy (non-hydrogen) atoms. The SMILES string of the molecule is C=CC(CCC)(CCC)OP(=O)(O)O. The van der Waals surface area contributed by atoms with Gasteiger partial charge in [0.05, 0.1) is 5.60 Å². The van der Waals surface area contributed by atoms with Crippen LogP contribution < -0.4 is 0 Å². The van der Waals surface area contributed by atoms with Crippen LogP contribution in [0.15, 0.2) is 12.7 Å². The summed E-state index contributed by atoms with van der Waals surface area (Å²) in [5.74, 6) is 0. The molecule has 0 radical (unpaired) electrons. The van der Waals surface area contributed by atoms with E-state index in [-0.39, 0.29) is 0 Å². The molecule has 2 N–H and O–H groups in total. The van der Waals surface area contributed by atoms with Crippen molar-refractivity contribution in [3.63, 3.8) is 0 Å². The molecule has 0 bridgehead atoms. The van der Waals surface area contributed by atoms with Crippen molar-refractivity contribution in [3.8, 4) is 0 Å². The predicted molar refractivity (Wildman–Crippen MR) is 55.9 cm³/mol. The molecule has 5 heteroatoms. The van der Waals surface area contributed by atoms with Gasteiger partial charge in [0.2, 0.25) is 0 Å². The van der Waals surface area contributed by atoms with Crippen LogP contribution in [0, 0.1) is 0 Å². The van der Waals surface area contributed by atoms with Gasteiger partial charge in [-0.15, -0.1) is 6.58 Å². The maximum atomic E-state index is 10.8. The third-order valence-corrected chi connectivity index (χ3v) is 2.62. The second-order valence-corrected chi connectivity index (χ2v) is 4.51. The van der Waals surface area contributed by atoms with E-state index in [2.05, 4.69) is 6.58 Å². The maximum absolute atomic E-state index is 10.8. The Morgan fingerprint density at radius 3 is 2.00 bits per heavy atom. The molecule has 0 atom stereocenters. The van der Waals surface area contributed by atoms with Gasteiger partial charge in [0, 0.05) is 0 Å². The largest absolute Gasteiger partial charge is 0.470 e. The van der Waals surface area contributed by atoms with E-state index in [1.54, 1.807) is 0 Å². The first-order chi connectivity index (χ1) is 6.39. The van der Waals surface area contributed by atoms with Crippen LogP contribution in [0.2, 0.25) is 0 Å². The lowest BCUT2D eigenvalue weighted by Gasteiger charge is -2.29. The molecular formula is C9H19O4P. The van der Waals surface area contributed by atoms with Gasteiger partial charge in [0.25, 0.3) is 0 Å². The Bertz CT molecular complexity index is 215. The zero-order valence-corrected chi connectivity index (χ0v) is 9.67. The molecule has 0 aromatic carbocycles. The molecule has 0 saturated heterocycles. The van der Waals surface area contributed by atoms with Crippen molar-refractivity contribution in [1.29, 1.82) is 0 Å². The van der Waals surface area contributed by atoms with Crippen molar-refractivity contribution in [3.05, 3.63) is 12.7 Å². The Balaban J connectivity index is 4.65. The van der Waals surface area contributed by atoms with Crippen LogP contribution in [0.3, 0.4) is 0 Å². The fourth-order valence-electron chi connectivity index (χ4n) is 1.54. The third kappa shape index (κ3) is 4.91. The van der Waals surface area contributed by atoms with Crippen LogP contribution in [0.25, 0.3) is 0 Å². The van der Waals surface area contributed by atoms with Gasteiger partial charge >= 0.3 is 7.82 Å². The highest BCUT2D eigenvalue weighted by atomic mass is 31.2. The van der Waals surface area contributed by atoms with E-state index >= 15 is 0 Å². The second kappa shape index (κ2) is 5.66. The van der Waals surface area contributed by atoms with E-state index in [4.69, 9.17) is 14.3 Å². The molecule has 0 saturated carbocycles. The summed E-state index contributed by atoms with van der Waals surface area (Å²) < 4.78 is 15.6. The molecule has 0 unspecified atom stereocenters. The number of hydrogen-bond acceptors (Lipinski definition) is 2. The lowest BCUT2D eigenvalue weighted by atomic mass is 9.93. The molecule has 0 aliphatic carbocycles. The van der Waals surface area contributed by atoms with Crippen LogP contribution in [0.4, 0.5) is 0 Å². The minimum absolute atomic E-state index is 0.579. The minimum atomic E-state index is -4.43. The summed E-state index contributed by atoms with van der Waals surface area (Å²) in [6, 6.07) is 0. The molecular weight excluding hydrogens is 203 g/mol. The monoisotopic (exact) mass is 222 g/mol. The zero-order valence-electron chi connectivity index (χ0n) is 8.77. The summed E-state index contributed by atoms with van der Waals surface area (Å²) in [5, 5.41) is 0. The molecule has 0 aliphatic rings. The molecule has 0 aromatic rings. The van der Waals surface area contributed by atoms with Crippen molar-refractivity contribution in [1.82, 2.24) is 0 Å². The number of hydrogen-bond donors (Lipinski definition) is 2. The zero-order chi connectivity index (χ0) is 11.2. The normalized spacial score (nSPS) is 12.9. The Morgan fingerprint density at radius 2 is 1.79 bits per heavy atom. The second-order valence-electron chi connectivity index (χ2n) is 3.35. The predicted octanol–water partition coefficient (Wildman–Crippen LogP) is 2.62. The summed E-state index contributed by atoms with van der Waals surface area (Å²) in [7, 11) is -4.43. The summed E-state index contributed by atoms with van der Waals surface area (Å²) in [6.45, 7) is 7.47. The molecule has 4 nitrogen and oxygen atoms in total. The van der Waals surface area contributed by atoms with Gasteiger partial charge < -0.3 is 9.79 Å². The Labute approximate surface area is 85.2 Å². The van der Waals surface area contributed by atoms with Gasteiger partial charge in [0.1, 0.15) is 0 Å². The van der Waals surface area contributed by atoms with Gasteiger partial charge in [0.15, 0.2) is 0 Å². The van der Waals surface area contributed by atoms with Crippen LogP contribution in [-0.4, -0.2) is 15.4 Å². The van der Waals surface area contributed by atoms with E-state index < -0.39 is 13.4 Å². The molecule has 0 amide bonds. The first kappa shape index (κ1) is 13.8. The molecule has 0 heterocycles. The number of phosphoric ester groups is 1. The summed E-state index contributed by atoms with van der Waals surface area (Å²) in [4.78, 5) is 17.6. The van der Waals surface area contributed by atoms with Crippen LogP contribution >= 0.6 is 7.82 Å². The smallest absolute Gasteiger partial charge is 0.303 e. The van der Waals surface area contributed by atoms with Gasteiger partial charge in [-0.2, -0.15) is 0 Å². The first-order valence-electron chi connectivity index (χ1n) is 4.79. The summed E-state index contributed by atoms with van der Waals surface area (Å²) >= 11 is 0. The van der Waals surface area contributed by atoms with Crippen LogP contribution in [-0.2, 0) is 9.09 Å². The first-order valence-corrected chi connectivity index (χ1v) is 6.32. The standard InChI is InChI=1S/C9H19O4P/c1-4-7-9(6-3,8-5-2)13-14(10,11)12/h6H,3-5,7-8H2,1-2H3,(H2,10,11,12). The van der Waals surface area contributed by atoms with E-state index in [1.165, 1.54) is 6.08 Å². The number of rotatable bonds is 7. The Hall–Kier alpha value is -0.150. The van der Waals surface area contributed by atoms with Crippen LogP contribution in [0.5, 0.6) is 0 Å². The van der Waals surface area contributed by atoms with Gasteiger partial charge in [-0.05, 0) is 12.8 Å². The molecule has 0 aliphatic heterocycles. The molecule has 0 fully saturated rings. The highest BCUT2D eigenvalue weighted by Crippen LogP contribution is 2.45. The Morgan fingerprint density at radius 1 is 1.36 bits per heavy atom. The summed E-state index contributed by atoms with van der Waals surface area (Å²) in [5.41, 5.74) is -0.872. The Kier molecular flexibility index (Phi) is 5.60. The average Bonchev–Trinajstić information content (AvgIpc) is 2.02. The number of phosphoric acid groups is 1. The van der Waals surface area contributed by atoms with Crippen molar-refractivity contribution >= 4 is 7.82 Å². The molecule has 0 rings (SSSR count). The summed E-state index contributed by atoms with van der Waals surface area (Å²) in [6.07, 6.45) is 4.25. The molecule has 0 aromatic heterocycles. The van der Waals surface area contributed by atoms with Crippen molar-refractivity contribution in [2.24, 2.45) is 0 Å². The van der Waals surface area contributed by atoms with Crippen molar-refractivity contribution in [2.75, 3.05) is 0 Å². The van der Waals surface area contributed by atoms with E-state index in [1.807, 2.05) is 13.8 Å². The minimum Gasteiger partial charge on any atom is -0.303 e. The highest BCUT2D eigenvalue weighted by molar-refractivity contribution is 7.46.